The third-order valence-corrected chi connectivity index (χ3v) is 5.98. The summed E-state index contributed by atoms with van der Waals surface area (Å²) in [6.45, 7) is 6.94. The molecule has 0 saturated carbocycles. The second-order valence-corrected chi connectivity index (χ2v) is 9.10. The van der Waals surface area contributed by atoms with Gasteiger partial charge in [0.2, 0.25) is 0 Å². The van der Waals surface area contributed by atoms with Gasteiger partial charge >= 0.3 is 0 Å². The van der Waals surface area contributed by atoms with Crippen LogP contribution in [0.2, 0.25) is 0 Å². The van der Waals surface area contributed by atoms with E-state index in [4.69, 9.17) is 4.74 Å². The number of nitrogens with one attached hydrogen (secondary N) is 1. The number of aromatic amines is 1. The predicted octanol–water partition coefficient (Wildman–Crippen LogP) is 3.43. The Kier molecular flexibility index (Phi) is 4.73. The van der Waals surface area contributed by atoms with Crippen LogP contribution in [0.15, 0.2) is 53.3 Å². The summed E-state index contributed by atoms with van der Waals surface area (Å²) in [4.78, 5) is 18.7. The van der Waals surface area contributed by atoms with E-state index in [1.165, 1.54) is 5.56 Å². The van der Waals surface area contributed by atoms with Gasteiger partial charge in [-0.25, -0.2) is 4.68 Å². The van der Waals surface area contributed by atoms with Crippen molar-refractivity contribution in [1.82, 2.24) is 25.2 Å². The smallest absolute Gasteiger partial charge is 0.254 e. The summed E-state index contributed by atoms with van der Waals surface area (Å²) in [5.41, 5.74) is 3.20. The van der Waals surface area contributed by atoms with Crippen LogP contribution in [0.1, 0.15) is 43.8 Å². The first-order chi connectivity index (χ1) is 15.4. The summed E-state index contributed by atoms with van der Waals surface area (Å²) in [5.74, 6) is 1.34. The standard InChI is InChI=1S/C24H26N6O2/c1-24(2,3)30-22(26-27-28-30)21(29-12-11-15-7-5-6-8-20(15)29)18-13-16-9-10-17(32-4)14-19(16)25-23(18)31/h5-10,13-14,21H,11-12H2,1-4H3,(H,25,31). The third-order valence-electron chi connectivity index (χ3n) is 5.98. The summed E-state index contributed by atoms with van der Waals surface area (Å²) in [6.07, 6.45) is 0.909. The molecule has 164 valence electrons. The fourth-order valence-electron chi connectivity index (χ4n) is 4.45. The summed E-state index contributed by atoms with van der Waals surface area (Å²) < 4.78 is 7.13. The average molecular weight is 431 g/mol. The summed E-state index contributed by atoms with van der Waals surface area (Å²) >= 11 is 0. The molecule has 4 aromatic rings. The molecule has 2 aromatic carbocycles. The van der Waals surface area contributed by atoms with Crippen molar-refractivity contribution >= 4 is 16.6 Å². The van der Waals surface area contributed by atoms with Gasteiger partial charge in [-0.1, -0.05) is 18.2 Å². The van der Waals surface area contributed by atoms with Crippen LogP contribution in [0.4, 0.5) is 5.69 Å². The van der Waals surface area contributed by atoms with Crippen molar-refractivity contribution in [3.8, 4) is 5.75 Å². The first-order valence-electron chi connectivity index (χ1n) is 10.7. The van der Waals surface area contributed by atoms with Crippen LogP contribution in [0.5, 0.6) is 5.75 Å². The number of hydrogen-bond acceptors (Lipinski definition) is 6. The Labute approximate surface area is 185 Å². The molecule has 3 heterocycles. The lowest BCUT2D eigenvalue weighted by Gasteiger charge is -2.31. The predicted molar refractivity (Wildman–Crippen MR) is 123 cm³/mol. The van der Waals surface area contributed by atoms with Crippen LogP contribution < -0.4 is 15.2 Å². The molecular weight excluding hydrogens is 404 g/mol. The molecule has 5 rings (SSSR count). The van der Waals surface area contributed by atoms with E-state index in [1.807, 2.05) is 41.1 Å². The van der Waals surface area contributed by atoms with Crippen molar-refractivity contribution in [1.29, 1.82) is 0 Å². The molecule has 1 unspecified atom stereocenters. The second-order valence-electron chi connectivity index (χ2n) is 9.10. The first-order valence-corrected chi connectivity index (χ1v) is 10.7. The molecule has 1 atom stereocenters. The van der Waals surface area contributed by atoms with E-state index in [0.717, 1.165) is 29.6 Å². The van der Waals surface area contributed by atoms with Gasteiger partial charge < -0.3 is 14.6 Å². The number of methoxy groups -OCH3 is 1. The van der Waals surface area contributed by atoms with E-state index in [2.05, 4.69) is 58.3 Å². The molecule has 0 fully saturated rings. The number of para-hydroxylation sites is 1. The maximum atomic E-state index is 13.4. The summed E-state index contributed by atoms with van der Waals surface area (Å²) in [5, 5.41) is 13.6. The number of H-pyrrole nitrogens is 1. The number of hydrogen-bond donors (Lipinski definition) is 1. The topological polar surface area (TPSA) is 88.9 Å². The molecule has 0 amide bonds. The minimum absolute atomic E-state index is 0.163. The van der Waals surface area contributed by atoms with Crippen molar-refractivity contribution < 1.29 is 4.74 Å². The van der Waals surface area contributed by atoms with Gasteiger partial charge in [-0.15, -0.1) is 5.10 Å². The molecule has 0 radical (unpaired) electrons. The molecular formula is C24H26N6O2. The molecule has 32 heavy (non-hydrogen) atoms. The number of ether oxygens (including phenoxy) is 1. The summed E-state index contributed by atoms with van der Waals surface area (Å²) in [7, 11) is 1.61. The van der Waals surface area contributed by atoms with Gasteiger partial charge in [0.25, 0.3) is 5.56 Å². The number of anilines is 1. The van der Waals surface area contributed by atoms with E-state index >= 15 is 0 Å². The molecule has 0 spiro atoms. The van der Waals surface area contributed by atoms with Gasteiger partial charge in [0.1, 0.15) is 11.8 Å². The van der Waals surface area contributed by atoms with Crippen molar-refractivity contribution in [2.24, 2.45) is 0 Å². The molecule has 8 heteroatoms. The number of nitrogens with zero attached hydrogens (tertiary/aromatic N) is 5. The first kappa shape index (κ1) is 20.2. The van der Waals surface area contributed by atoms with Gasteiger partial charge in [0.15, 0.2) is 5.82 Å². The third kappa shape index (κ3) is 3.32. The van der Waals surface area contributed by atoms with Gasteiger partial charge in [0, 0.05) is 23.9 Å². The van der Waals surface area contributed by atoms with Crippen LogP contribution in [-0.2, 0) is 12.0 Å². The van der Waals surface area contributed by atoms with Crippen LogP contribution in [-0.4, -0.2) is 38.8 Å². The lowest BCUT2D eigenvalue weighted by Crippen LogP contribution is -2.37. The Balaban J connectivity index is 1.74. The van der Waals surface area contributed by atoms with Gasteiger partial charge in [-0.05, 0) is 72.8 Å². The highest BCUT2D eigenvalue weighted by molar-refractivity contribution is 5.81. The number of fused-ring (bicyclic) bond motifs is 2. The Bertz CT molecular complexity index is 1350. The quantitative estimate of drug-likeness (QED) is 0.534. The average Bonchev–Trinajstić information content (AvgIpc) is 3.42. The van der Waals surface area contributed by atoms with Crippen LogP contribution in [0.25, 0.3) is 10.9 Å². The molecule has 0 aliphatic carbocycles. The monoisotopic (exact) mass is 430 g/mol. The van der Waals surface area contributed by atoms with Crippen molar-refractivity contribution in [3.05, 3.63) is 75.8 Å². The number of benzene rings is 2. The van der Waals surface area contributed by atoms with E-state index in [9.17, 15) is 4.79 Å². The fraction of sp³-hybridized carbons (Fsp3) is 0.333. The van der Waals surface area contributed by atoms with E-state index in [1.54, 1.807) is 7.11 Å². The molecule has 1 N–H and O–H groups in total. The highest BCUT2D eigenvalue weighted by Crippen LogP contribution is 2.38. The maximum absolute atomic E-state index is 13.4. The van der Waals surface area contributed by atoms with Crippen LogP contribution >= 0.6 is 0 Å². The fourth-order valence-corrected chi connectivity index (χ4v) is 4.45. The highest BCUT2D eigenvalue weighted by Gasteiger charge is 2.36. The number of tetrazole rings is 1. The van der Waals surface area contributed by atoms with Crippen molar-refractivity contribution in [2.45, 2.75) is 38.8 Å². The Morgan fingerprint density at radius 1 is 1.12 bits per heavy atom. The van der Waals surface area contributed by atoms with E-state index in [0.29, 0.717) is 17.1 Å². The van der Waals surface area contributed by atoms with Crippen molar-refractivity contribution in [2.75, 3.05) is 18.6 Å². The zero-order valence-corrected chi connectivity index (χ0v) is 18.7. The lowest BCUT2D eigenvalue weighted by molar-refractivity contribution is 0.329. The van der Waals surface area contributed by atoms with Gasteiger partial charge in [-0.2, -0.15) is 0 Å². The van der Waals surface area contributed by atoms with Gasteiger partial charge in [0.05, 0.1) is 18.2 Å². The zero-order valence-electron chi connectivity index (χ0n) is 18.7. The maximum Gasteiger partial charge on any atom is 0.254 e. The number of rotatable bonds is 4. The molecule has 1 aliphatic rings. The Hall–Kier alpha value is -3.68. The highest BCUT2D eigenvalue weighted by atomic mass is 16.5. The van der Waals surface area contributed by atoms with E-state index in [-0.39, 0.29) is 11.1 Å². The van der Waals surface area contributed by atoms with Gasteiger partial charge in [-0.3, -0.25) is 4.79 Å². The van der Waals surface area contributed by atoms with Crippen molar-refractivity contribution in [3.63, 3.8) is 0 Å². The van der Waals surface area contributed by atoms with Crippen LogP contribution in [0, 0.1) is 0 Å². The second kappa shape index (κ2) is 7.47. The summed E-state index contributed by atoms with van der Waals surface area (Å²) in [6, 6.07) is 15.5. The molecule has 8 nitrogen and oxygen atoms in total. The number of aromatic nitrogens is 5. The lowest BCUT2D eigenvalue weighted by atomic mass is 10.0. The van der Waals surface area contributed by atoms with E-state index < -0.39 is 6.04 Å². The zero-order chi connectivity index (χ0) is 22.5. The minimum Gasteiger partial charge on any atom is -0.497 e. The molecule has 1 aliphatic heterocycles. The largest absolute Gasteiger partial charge is 0.497 e. The molecule has 0 bridgehead atoms. The SMILES string of the molecule is COc1ccc2cc(C(c3nnnn3C(C)(C)C)N3CCc4ccccc43)c(=O)[nH]c2c1. The number of pyridine rings is 1. The molecule has 0 saturated heterocycles. The Morgan fingerprint density at radius 3 is 2.72 bits per heavy atom. The minimum atomic E-state index is -0.428. The normalized spacial score (nSPS) is 14.6. The molecule has 2 aromatic heterocycles. The Morgan fingerprint density at radius 2 is 1.94 bits per heavy atom. The van der Waals surface area contributed by atoms with Crippen LogP contribution in [0.3, 0.4) is 0 Å².